The lowest BCUT2D eigenvalue weighted by Crippen LogP contribution is -2.51. The first kappa shape index (κ1) is 18.6. The van der Waals surface area contributed by atoms with Gasteiger partial charge in [-0.25, -0.2) is 0 Å². The van der Waals surface area contributed by atoms with Crippen molar-refractivity contribution >= 4 is 17.5 Å². The third-order valence-electron chi connectivity index (χ3n) is 4.27. The molecule has 2 rings (SSSR count). The Kier molecular flexibility index (Phi) is 6.89. The van der Waals surface area contributed by atoms with E-state index in [0.29, 0.717) is 18.2 Å². The lowest BCUT2D eigenvalue weighted by Gasteiger charge is -2.32. The van der Waals surface area contributed by atoms with E-state index in [0.717, 1.165) is 37.9 Å². The Morgan fingerprint density at radius 1 is 1.33 bits per heavy atom. The van der Waals surface area contributed by atoms with Gasteiger partial charge >= 0.3 is 0 Å². The first-order valence-corrected chi connectivity index (χ1v) is 8.70. The third kappa shape index (κ3) is 5.70. The Morgan fingerprint density at radius 2 is 2.00 bits per heavy atom. The lowest BCUT2D eigenvalue weighted by atomic mass is 9.83. The van der Waals surface area contributed by atoms with Crippen LogP contribution in [-0.4, -0.2) is 43.1 Å². The fourth-order valence-corrected chi connectivity index (χ4v) is 3.03. The molecule has 6 heteroatoms. The molecule has 1 aliphatic rings. The number of likely N-dealkylation sites (N-methyl/N-ethyl adjacent to an activating group) is 1. The molecule has 0 aromatic heterocycles. The summed E-state index contributed by atoms with van der Waals surface area (Å²) in [5, 5.41) is 13.0. The van der Waals surface area contributed by atoms with Crippen molar-refractivity contribution in [1.29, 1.82) is 5.26 Å². The van der Waals surface area contributed by atoms with Crippen molar-refractivity contribution in [2.75, 3.05) is 26.7 Å². The molecule has 0 aliphatic heterocycles. The fraction of sp³-hybridized carbons (Fsp3) is 0.556. The Bertz CT molecular complexity index is 577. The number of rotatable bonds is 7. The van der Waals surface area contributed by atoms with Crippen LogP contribution >= 0.6 is 11.6 Å². The number of halogens is 1. The highest BCUT2D eigenvalue weighted by Gasteiger charge is 2.33. The molecule has 0 bridgehead atoms. The molecule has 0 radical (unpaired) electrons. The summed E-state index contributed by atoms with van der Waals surface area (Å²) in [6, 6.07) is 9.49. The molecule has 1 aromatic rings. The molecule has 1 aliphatic carbocycles. The van der Waals surface area contributed by atoms with Gasteiger partial charge in [0.05, 0.1) is 12.6 Å². The largest absolute Gasteiger partial charge is 0.492 e. The normalized spacial score (nSPS) is 16.4. The lowest BCUT2D eigenvalue weighted by molar-refractivity contribution is -0.123. The van der Waals surface area contributed by atoms with Crippen LogP contribution in [0.4, 0.5) is 0 Å². The predicted octanol–water partition coefficient (Wildman–Crippen LogP) is 2.99. The number of carbonyl (C=O) groups excluding carboxylic acids is 1. The Morgan fingerprint density at radius 3 is 2.62 bits per heavy atom. The van der Waals surface area contributed by atoms with E-state index in [4.69, 9.17) is 16.3 Å². The zero-order valence-electron chi connectivity index (χ0n) is 14.1. The van der Waals surface area contributed by atoms with Crippen LogP contribution in [0.2, 0.25) is 5.02 Å². The van der Waals surface area contributed by atoms with Crippen molar-refractivity contribution in [3.05, 3.63) is 29.3 Å². The van der Waals surface area contributed by atoms with Crippen molar-refractivity contribution in [3.8, 4) is 11.8 Å². The number of hydrogen-bond donors (Lipinski definition) is 1. The van der Waals surface area contributed by atoms with Crippen molar-refractivity contribution < 1.29 is 9.53 Å². The van der Waals surface area contributed by atoms with E-state index in [9.17, 15) is 10.1 Å². The Hall–Kier alpha value is -1.77. The zero-order valence-corrected chi connectivity index (χ0v) is 14.8. The van der Waals surface area contributed by atoms with Gasteiger partial charge in [0.25, 0.3) is 0 Å². The van der Waals surface area contributed by atoms with E-state index in [1.165, 1.54) is 0 Å². The molecule has 0 heterocycles. The highest BCUT2D eigenvalue weighted by Crippen LogP contribution is 2.27. The van der Waals surface area contributed by atoms with E-state index in [1.807, 2.05) is 24.1 Å². The first-order chi connectivity index (χ1) is 11.5. The summed E-state index contributed by atoms with van der Waals surface area (Å²) in [6.07, 6.45) is 4.63. The molecular weight excluding hydrogens is 326 g/mol. The second-order valence-corrected chi connectivity index (χ2v) is 6.78. The smallest absolute Gasteiger partial charge is 0.235 e. The zero-order chi connectivity index (χ0) is 17.4. The standard InChI is InChI=1S/C18H24ClN3O2/c1-22(11-12-24-16-7-5-15(19)6-8-16)13-17(23)21-18(14-20)9-3-2-4-10-18/h5-8H,2-4,9-13H2,1H3,(H,21,23). The van der Waals surface area contributed by atoms with Gasteiger partial charge in [0.15, 0.2) is 0 Å². The van der Waals surface area contributed by atoms with Crippen LogP contribution in [0, 0.1) is 11.3 Å². The van der Waals surface area contributed by atoms with Gasteiger partial charge in [-0.3, -0.25) is 9.69 Å². The number of nitrogens with zero attached hydrogens (tertiary/aromatic N) is 2. The van der Waals surface area contributed by atoms with Gasteiger partial charge in [0.2, 0.25) is 5.91 Å². The number of nitrogens with one attached hydrogen (secondary N) is 1. The summed E-state index contributed by atoms with van der Waals surface area (Å²) in [6.45, 7) is 1.36. The molecule has 0 saturated heterocycles. The van der Waals surface area contributed by atoms with E-state index in [-0.39, 0.29) is 12.5 Å². The minimum absolute atomic E-state index is 0.104. The second kappa shape index (κ2) is 8.91. The maximum atomic E-state index is 12.2. The molecule has 1 amide bonds. The topological polar surface area (TPSA) is 65.4 Å². The average molecular weight is 350 g/mol. The Balaban J connectivity index is 1.71. The van der Waals surface area contributed by atoms with E-state index >= 15 is 0 Å². The highest BCUT2D eigenvalue weighted by molar-refractivity contribution is 6.30. The molecule has 1 N–H and O–H groups in total. The number of benzene rings is 1. The van der Waals surface area contributed by atoms with Crippen molar-refractivity contribution in [2.45, 2.75) is 37.6 Å². The molecule has 5 nitrogen and oxygen atoms in total. The minimum atomic E-state index is -0.671. The molecular formula is C18H24ClN3O2. The number of hydrogen-bond acceptors (Lipinski definition) is 4. The quantitative estimate of drug-likeness (QED) is 0.821. The summed E-state index contributed by atoms with van der Waals surface area (Å²) in [7, 11) is 1.87. The predicted molar refractivity (Wildman–Crippen MR) is 94.0 cm³/mol. The average Bonchev–Trinajstić information content (AvgIpc) is 2.57. The molecule has 0 atom stereocenters. The van der Waals surface area contributed by atoms with Crippen LogP contribution in [-0.2, 0) is 4.79 Å². The van der Waals surface area contributed by atoms with Gasteiger partial charge in [0.1, 0.15) is 17.9 Å². The molecule has 1 aromatic carbocycles. The van der Waals surface area contributed by atoms with Crippen LogP contribution in [0.1, 0.15) is 32.1 Å². The van der Waals surface area contributed by atoms with Crippen molar-refractivity contribution in [1.82, 2.24) is 10.2 Å². The summed E-state index contributed by atoms with van der Waals surface area (Å²) in [5.41, 5.74) is -0.671. The number of amides is 1. The van der Waals surface area contributed by atoms with E-state index < -0.39 is 5.54 Å². The molecule has 1 saturated carbocycles. The first-order valence-electron chi connectivity index (χ1n) is 8.32. The van der Waals surface area contributed by atoms with Crippen LogP contribution < -0.4 is 10.1 Å². The maximum absolute atomic E-state index is 12.2. The van der Waals surface area contributed by atoms with Crippen LogP contribution in [0.25, 0.3) is 0 Å². The fourth-order valence-electron chi connectivity index (χ4n) is 2.90. The SMILES string of the molecule is CN(CCOc1ccc(Cl)cc1)CC(=O)NC1(C#N)CCCCC1. The summed E-state index contributed by atoms with van der Waals surface area (Å²) < 4.78 is 5.62. The van der Waals surface area contributed by atoms with Gasteiger partial charge in [-0.15, -0.1) is 0 Å². The van der Waals surface area contributed by atoms with Gasteiger partial charge in [-0.1, -0.05) is 30.9 Å². The molecule has 130 valence electrons. The minimum Gasteiger partial charge on any atom is -0.492 e. The number of ether oxygens (including phenoxy) is 1. The van der Waals surface area contributed by atoms with Gasteiger partial charge in [-0.2, -0.15) is 5.26 Å². The molecule has 0 spiro atoms. The monoisotopic (exact) mass is 349 g/mol. The van der Waals surface area contributed by atoms with Gasteiger partial charge in [-0.05, 0) is 44.2 Å². The van der Waals surface area contributed by atoms with Crippen LogP contribution in [0.3, 0.4) is 0 Å². The molecule has 0 unspecified atom stereocenters. The second-order valence-electron chi connectivity index (χ2n) is 6.34. The van der Waals surface area contributed by atoms with Crippen LogP contribution in [0.15, 0.2) is 24.3 Å². The third-order valence-corrected chi connectivity index (χ3v) is 4.52. The van der Waals surface area contributed by atoms with E-state index in [2.05, 4.69) is 11.4 Å². The van der Waals surface area contributed by atoms with E-state index in [1.54, 1.807) is 12.1 Å². The summed E-state index contributed by atoms with van der Waals surface area (Å²) >= 11 is 5.83. The number of nitriles is 1. The molecule has 24 heavy (non-hydrogen) atoms. The maximum Gasteiger partial charge on any atom is 0.235 e. The van der Waals surface area contributed by atoms with Crippen LogP contribution in [0.5, 0.6) is 5.75 Å². The summed E-state index contributed by atoms with van der Waals surface area (Å²) in [4.78, 5) is 14.1. The van der Waals surface area contributed by atoms with Gasteiger partial charge < -0.3 is 10.1 Å². The van der Waals surface area contributed by atoms with Crippen molar-refractivity contribution in [2.24, 2.45) is 0 Å². The highest BCUT2D eigenvalue weighted by atomic mass is 35.5. The molecule has 1 fully saturated rings. The summed E-state index contributed by atoms with van der Waals surface area (Å²) in [5.74, 6) is 0.648. The van der Waals surface area contributed by atoms with Gasteiger partial charge in [0, 0.05) is 11.6 Å². The Labute approximate surface area is 148 Å². The number of carbonyl (C=O) groups is 1. The van der Waals surface area contributed by atoms with Crippen molar-refractivity contribution in [3.63, 3.8) is 0 Å².